The lowest BCUT2D eigenvalue weighted by Crippen LogP contribution is -2.48. The summed E-state index contributed by atoms with van der Waals surface area (Å²) >= 11 is 0. The van der Waals surface area contributed by atoms with Crippen LogP contribution in [-0.4, -0.2) is 20.5 Å². The number of hydrogen-bond donors (Lipinski definition) is 2. The lowest BCUT2D eigenvalue weighted by molar-refractivity contribution is 0.378. The van der Waals surface area contributed by atoms with Crippen LogP contribution >= 0.6 is 0 Å². The Morgan fingerprint density at radius 3 is 2.16 bits per heavy atom. The molecule has 1 aliphatic rings. The van der Waals surface area contributed by atoms with Crippen LogP contribution in [-0.2, 0) is 10.0 Å². The summed E-state index contributed by atoms with van der Waals surface area (Å²) in [5.74, 6) is -0.286. The molecule has 4 nitrogen and oxygen atoms in total. The molecule has 0 spiro atoms. The second-order valence-electron chi connectivity index (χ2n) is 6.58. The molecular weight excluding hydrogens is 339 g/mol. The van der Waals surface area contributed by atoms with Gasteiger partial charge < -0.3 is 5.32 Å². The maximum absolute atomic E-state index is 13.1. The Hall–Kier alpha value is -1.92. The molecule has 0 aromatic heterocycles. The second-order valence-corrected chi connectivity index (χ2v) is 8.30. The van der Waals surface area contributed by atoms with Crippen LogP contribution in [0.5, 0.6) is 0 Å². The van der Waals surface area contributed by atoms with Crippen molar-refractivity contribution in [1.82, 2.24) is 4.72 Å². The van der Waals surface area contributed by atoms with Crippen LogP contribution in [0.4, 0.5) is 10.1 Å². The lowest BCUT2D eigenvalue weighted by atomic mass is 9.91. The van der Waals surface area contributed by atoms with Gasteiger partial charge >= 0.3 is 0 Å². The van der Waals surface area contributed by atoms with Crippen molar-refractivity contribution in [2.24, 2.45) is 0 Å². The number of benzene rings is 2. The summed E-state index contributed by atoms with van der Waals surface area (Å²) in [4.78, 5) is 0.282. The molecule has 2 N–H and O–H groups in total. The fourth-order valence-electron chi connectivity index (χ4n) is 3.19. The molecule has 1 aliphatic carbocycles. The van der Waals surface area contributed by atoms with Gasteiger partial charge in [-0.3, -0.25) is 0 Å². The van der Waals surface area contributed by atoms with Gasteiger partial charge in [-0.2, -0.15) is 0 Å². The van der Waals surface area contributed by atoms with E-state index in [1.54, 1.807) is 36.4 Å². The monoisotopic (exact) mass is 362 g/mol. The number of aryl methyl sites for hydroxylation is 1. The van der Waals surface area contributed by atoms with Crippen molar-refractivity contribution in [3.8, 4) is 0 Å². The minimum atomic E-state index is -3.56. The van der Waals surface area contributed by atoms with Gasteiger partial charge in [-0.25, -0.2) is 17.5 Å². The maximum atomic E-state index is 13.1. The fraction of sp³-hybridized carbons (Fsp3) is 0.368. The lowest BCUT2D eigenvalue weighted by Gasteiger charge is -2.33. The van der Waals surface area contributed by atoms with Crippen molar-refractivity contribution >= 4 is 15.7 Å². The van der Waals surface area contributed by atoms with E-state index < -0.39 is 10.0 Å². The van der Waals surface area contributed by atoms with E-state index in [0.29, 0.717) is 0 Å². The van der Waals surface area contributed by atoms with Gasteiger partial charge in [0.1, 0.15) is 5.82 Å². The van der Waals surface area contributed by atoms with Crippen LogP contribution in [0, 0.1) is 12.7 Å². The Morgan fingerprint density at radius 2 is 1.52 bits per heavy atom. The zero-order valence-corrected chi connectivity index (χ0v) is 15.0. The van der Waals surface area contributed by atoms with Crippen molar-refractivity contribution in [2.75, 3.05) is 5.32 Å². The van der Waals surface area contributed by atoms with E-state index in [2.05, 4.69) is 10.0 Å². The number of anilines is 1. The third-order valence-electron chi connectivity index (χ3n) is 4.60. The second kappa shape index (κ2) is 7.54. The van der Waals surface area contributed by atoms with Crippen LogP contribution in [0.25, 0.3) is 0 Å². The molecule has 0 saturated heterocycles. The van der Waals surface area contributed by atoms with Crippen molar-refractivity contribution in [1.29, 1.82) is 0 Å². The molecule has 6 heteroatoms. The van der Waals surface area contributed by atoms with Gasteiger partial charge in [-0.05, 0) is 56.2 Å². The fourth-order valence-corrected chi connectivity index (χ4v) is 4.50. The minimum absolute atomic E-state index is 0.0144. The highest BCUT2D eigenvalue weighted by molar-refractivity contribution is 7.89. The molecule has 0 bridgehead atoms. The molecular formula is C19H23FN2O2S. The number of hydrogen-bond acceptors (Lipinski definition) is 3. The third-order valence-corrected chi connectivity index (χ3v) is 6.11. The SMILES string of the molecule is Cc1ccc(S(=O)(=O)N[C@H]2CCCC[C@H]2Nc2ccc(F)cc2)cc1. The summed E-state index contributed by atoms with van der Waals surface area (Å²) < 4.78 is 41.2. The van der Waals surface area contributed by atoms with Gasteiger partial charge in [0.25, 0.3) is 0 Å². The van der Waals surface area contributed by atoms with E-state index in [0.717, 1.165) is 36.9 Å². The maximum Gasteiger partial charge on any atom is 0.240 e. The first-order valence-corrected chi connectivity index (χ1v) is 10.0. The average Bonchev–Trinajstić information content (AvgIpc) is 2.59. The Kier molecular flexibility index (Phi) is 5.39. The summed E-state index contributed by atoms with van der Waals surface area (Å²) in [6, 6.07) is 12.8. The molecule has 0 amide bonds. The summed E-state index contributed by atoms with van der Waals surface area (Å²) in [5, 5.41) is 3.35. The Bertz CT molecular complexity index is 804. The number of nitrogens with one attached hydrogen (secondary N) is 2. The van der Waals surface area contributed by atoms with E-state index in [-0.39, 0.29) is 22.8 Å². The molecule has 1 fully saturated rings. The van der Waals surface area contributed by atoms with Gasteiger partial charge in [0.05, 0.1) is 4.90 Å². The highest BCUT2D eigenvalue weighted by Crippen LogP contribution is 2.24. The molecule has 3 rings (SSSR count). The van der Waals surface area contributed by atoms with E-state index in [4.69, 9.17) is 0 Å². The molecule has 0 aliphatic heterocycles. The summed E-state index contributed by atoms with van der Waals surface area (Å²) in [7, 11) is -3.56. The van der Waals surface area contributed by atoms with Crippen LogP contribution in [0.15, 0.2) is 53.4 Å². The largest absolute Gasteiger partial charge is 0.381 e. The van der Waals surface area contributed by atoms with Crippen LogP contribution in [0.2, 0.25) is 0 Å². The van der Waals surface area contributed by atoms with Gasteiger partial charge in [0, 0.05) is 17.8 Å². The minimum Gasteiger partial charge on any atom is -0.381 e. The first kappa shape index (κ1) is 17.9. The summed E-state index contributed by atoms with van der Waals surface area (Å²) in [6.07, 6.45) is 3.69. The van der Waals surface area contributed by atoms with E-state index >= 15 is 0 Å². The number of rotatable bonds is 5. The molecule has 134 valence electrons. The van der Waals surface area contributed by atoms with Crippen LogP contribution < -0.4 is 10.0 Å². The third kappa shape index (κ3) is 4.58. The van der Waals surface area contributed by atoms with Crippen molar-refractivity contribution in [2.45, 2.75) is 49.6 Å². The van der Waals surface area contributed by atoms with Gasteiger partial charge in [0.15, 0.2) is 0 Å². The predicted octanol–water partition coefficient (Wildman–Crippen LogP) is 3.84. The standard InChI is InChI=1S/C19H23FN2O2S/c1-14-6-12-17(13-7-14)25(23,24)22-19-5-3-2-4-18(19)21-16-10-8-15(20)9-11-16/h6-13,18-19,21-22H,2-5H2,1H3/t18-,19+/m1/s1. The van der Waals surface area contributed by atoms with Gasteiger partial charge in [0.2, 0.25) is 10.0 Å². The molecule has 1 saturated carbocycles. The van der Waals surface area contributed by atoms with Crippen LogP contribution in [0.3, 0.4) is 0 Å². The number of halogens is 1. The van der Waals surface area contributed by atoms with Crippen molar-refractivity contribution in [3.05, 3.63) is 59.9 Å². The molecule has 25 heavy (non-hydrogen) atoms. The normalized spacial score (nSPS) is 21.0. The zero-order chi connectivity index (χ0) is 17.9. The zero-order valence-electron chi connectivity index (χ0n) is 14.2. The molecule has 0 unspecified atom stereocenters. The molecule has 2 aromatic rings. The quantitative estimate of drug-likeness (QED) is 0.850. The van der Waals surface area contributed by atoms with Crippen LogP contribution in [0.1, 0.15) is 31.2 Å². The summed E-state index contributed by atoms with van der Waals surface area (Å²) in [5.41, 5.74) is 1.82. The predicted molar refractivity (Wildman–Crippen MR) is 97.6 cm³/mol. The molecule has 0 radical (unpaired) electrons. The van der Waals surface area contributed by atoms with Gasteiger partial charge in [-0.1, -0.05) is 30.5 Å². The Labute approximate surface area is 148 Å². The molecule has 2 atom stereocenters. The highest BCUT2D eigenvalue weighted by Gasteiger charge is 2.29. The molecule has 2 aromatic carbocycles. The van der Waals surface area contributed by atoms with E-state index in [9.17, 15) is 12.8 Å². The Balaban J connectivity index is 1.74. The average molecular weight is 362 g/mol. The summed E-state index contributed by atoms with van der Waals surface area (Å²) in [6.45, 7) is 1.92. The van der Waals surface area contributed by atoms with E-state index in [1.807, 2.05) is 6.92 Å². The first-order valence-electron chi connectivity index (χ1n) is 8.55. The first-order chi connectivity index (χ1) is 11.9. The van der Waals surface area contributed by atoms with E-state index in [1.165, 1.54) is 12.1 Å². The number of sulfonamides is 1. The van der Waals surface area contributed by atoms with Gasteiger partial charge in [-0.15, -0.1) is 0 Å². The highest BCUT2D eigenvalue weighted by atomic mass is 32.2. The van der Waals surface area contributed by atoms with Crippen molar-refractivity contribution < 1.29 is 12.8 Å². The smallest absolute Gasteiger partial charge is 0.240 e. The Morgan fingerprint density at radius 1 is 0.920 bits per heavy atom. The topological polar surface area (TPSA) is 58.2 Å². The van der Waals surface area contributed by atoms with Crippen molar-refractivity contribution in [3.63, 3.8) is 0 Å². The molecule has 0 heterocycles.